The molecule has 0 radical (unpaired) electrons. The van der Waals surface area contributed by atoms with Gasteiger partial charge in [-0.2, -0.15) is 5.26 Å². The number of nitrogens with zero attached hydrogens (tertiary/aromatic N) is 3. The van der Waals surface area contributed by atoms with Gasteiger partial charge in [0, 0.05) is 11.3 Å². The van der Waals surface area contributed by atoms with E-state index in [1.54, 1.807) is 26.0 Å². The molecule has 0 spiro atoms. The summed E-state index contributed by atoms with van der Waals surface area (Å²) < 4.78 is 5.85. The van der Waals surface area contributed by atoms with E-state index in [1.165, 1.54) is 5.56 Å². The minimum Gasteiger partial charge on any atom is -0.418 e. The van der Waals surface area contributed by atoms with E-state index in [0.29, 0.717) is 33.6 Å². The maximum absolute atomic E-state index is 10.3. The van der Waals surface area contributed by atoms with Crippen molar-refractivity contribution in [1.29, 1.82) is 5.26 Å². The monoisotopic (exact) mass is 410 g/mol. The fourth-order valence-electron chi connectivity index (χ4n) is 2.97. The molecular formula is C22H23ClN4O2. The Balaban J connectivity index is 1.88. The van der Waals surface area contributed by atoms with Gasteiger partial charge in [0.25, 0.3) is 0 Å². The van der Waals surface area contributed by atoms with Crippen molar-refractivity contribution >= 4 is 17.3 Å². The van der Waals surface area contributed by atoms with Crippen molar-refractivity contribution in [3.05, 3.63) is 64.0 Å². The smallest absolute Gasteiger partial charge is 0.247 e. The van der Waals surface area contributed by atoms with Gasteiger partial charge in [0.1, 0.15) is 12.1 Å². The normalized spacial score (nSPS) is 13.2. The number of benzene rings is 2. The molecule has 0 aliphatic carbocycles. The molecule has 6 nitrogen and oxygen atoms in total. The third kappa shape index (κ3) is 4.42. The molecule has 0 saturated heterocycles. The van der Waals surface area contributed by atoms with Crippen LogP contribution in [0.3, 0.4) is 0 Å². The van der Waals surface area contributed by atoms with Gasteiger partial charge < -0.3 is 14.8 Å². The second-order valence-corrected chi connectivity index (χ2v) is 7.67. The van der Waals surface area contributed by atoms with Gasteiger partial charge in [-0.1, -0.05) is 37.6 Å². The molecule has 2 N–H and O–H groups in total. The zero-order chi connectivity index (χ0) is 21.1. The van der Waals surface area contributed by atoms with Gasteiger partial charge in [-0.3, -0.25) is 0 Å². The van der Waals surface area contributed by atoms with Crippen molar-refractivity contribution in [2.45, 2.75) is 45.8 Å². The Morgan fingerprint density at radius 3 is 2.38 bits per heavy atom. The van der Waals surface area contributed by atoms with E-state index in [-0.39, 0.29) is 5.89 Å². The lowest BCUT2D eigenvalue weighted by molar-refractivity contribution is 0.159. The zero-order valence-corrected chi connectivity index (χ0v) is 17.5. The number of nitrogens with one attached hydrogen (secondary N) is 1. The molecule has 0 aliphatic rings. The first-order chi connectivity index (χ1) is 13.8. The van der Waals surface area contributed by atoms with Crippen LogP contribution in [0.15, 0.2) is 40.8 Å². The minimum absolute atomic E-state index is 0.266. The Morgan fingerprint density at radius 1 is 1.10 bits per heavy atom. The number of rotatable bonds is 6. The SMILES string of the molecule is Cc1c(N[C@@H](c2nnc(-c3ccc(C(C)C)cc3)o2)[C@H](C)O)ccc(C#N)c1Cl. The molecule has 1 aromatic heterocycles. The van der Waals surface area contributed by atoms with Gasteiger partial charge in [0.2, 0.25) is 11.8 Å². The third-order valence-electron chi connectivity index (χ3n) is 4.83. The number of hydrogen-bond acceptors (Lipinski definition) is 6. The summed E-state index contributed by atoms with van der Waals surface area (Å²) >= 11 is 6.25. The number of aromatic nitrogens is 2. The molecular weight excluding hydrogens is 388 g/mol. The van der Waals surface area contributed by atoms with Gasteiger partial charge in [-0.15, -0.1) is 10.2 Å². The first-order valence-corrected chi connectivity index (χ1v) is 9.77. The lowest BCUT2D eigenvalue weighted by atomic mass is 10.0. The average Bonchev–Trinajstić information content (AvgIpc) is 3.18. The summed E-state index contributed by atoms with van der Waals surface area (Å²) in [4.78, 5) is 0. The molecule has 7 heteroatoms. The molecule has 29 heavy (non-hydrogen) atoms. The largest absolute Gasteiger partial charge is 0.418 e. The van der Waals surface area contributed by atoms with Crippen LogP contribution in [0.4, 0.5) is 5.69 Å². The van der Waals surface area contributed by atoms with Crippen LogP contribution in [-0.4, -0.2) is 21.4 Å². The highest BCUT2D eigenvalue weighted by Crippen LogP contribution is 2.31. The number of halogens is 1. The molecule has 0 amide bonds. The number of hydrogen-bond donors (Lipinski definition) is 2. The van der Waals surface area contributed by atoms with E-state index in [4.69, 9.17) is 21.3 Å². The van der Waals surface area contributed by atoms with Crippen LogP contribution < -0.4 is 5.32 Å². The van der Waals surface area contributed by atoms with Gasteiger partial charge in [0.15, 0.2) is 0 Å². The van der Waals surface area contributed by atoms with E-state index in [2.05, 4.69) is 35.4 Å². The molecule has 1 heterocycles. The summed E-state index contributed by atoms with van der Waals surface area (Å²) in [6.45, 7) is 7.71. The Morgan fingerprint density at radius 2 is 1.79 bits per heavy atom. The quantitative estimate of drug-likeness (QED) is 0.577. The van der Waals surface area contributed by atoms with E-state index >= 15 is 0 Å². The molecule has 0 saturated carbocycles. The molecule has 0 fully saturated rings. The summed E-state index contributed by atoms with van der Waals surface area (Å²) in [5, 5.41) is 31.2. The number of nitriles is 1. The minimum atomic E-state index is -0.805. The molecule has 150 valence electrons. The molecule has 2 aromatic carbocycles. The predicted octanol–water partition coefficient (Wildman–Crippen LogP) is 5.23. The van der Waals surface area contributed by atoms with Crippen LogP contribution in [0, 0.1) is 18.3 Å². The first-order valence-electron chi connectivity index (χ1n) is 9.39. The van der Waals surface area contributed by atoms with Crippen molar-refractivity contribution in [2.24, 2.45) is 0 Å². The van der Waals surface area contributed by atoms with Crippen molar-refractivity contribution in [1.82, 2.24) is 10.2 Å². The van der Waals surface area contributed by atoms with Crippen molar-refractivity contribution in [3.8, 4) is 17.5 Å². The lowest BCUT2D eigenvalue weighted by Crippen LogP contribution is -2.23. The van der Waals surface area contributed by atoms with Gasteiger partial charge in [0.05, 0.1) is 16.7 Å². The third-order valence-corrected chi connectivity index (χ3v) is 5.32. The van der Waals surface area contributed by atoms with Crippen LogP contribution in [0.2, 0.25) is 5.02 Å². The Kier molecular flexibility index (Phi) is 6.21. The molecule has 0 unspecified atom stereocenters. The van der Waals surface area contributed by atoms with Crippen molar-refractivity contribution < 1.29 is 9.52 Å². The highest BCUT2D eigenvalue weighted by Gasteiger charge is 2.25. The van der Waals surface area contributed by atoms with E-state index in [1.807, 2.05) is 24.3 Å². The molecule has 2 atom stereocenters. The Hall–Kier alpha value is -2.88. The molecule has 3 rings (SSSR count). The Labute approximate surface area is 175 Å². The number of aliphatic hydroxyl groups excluding tert-OH is 1. The summed E-state index contributed by atoms with van der Waals surface area (Å²) in [5.74, 6) is 1.09. The van der Waals surface area contributed by atoms with Crippen molar-refractivity contribution in [3.63, 3.8) is 0 Å². The van der Waals surface area contributed by atoms with Crippen LogP contribution in [0.5, 0.6) is 0 Å². The van der Waals surface area contributed by atoms with Crippen LogP contribution >= 0.6 is 11.6 Å². The average molecular weight is 411 g/mol. The second-order valence-electron chi connectivity index (χ2n) is 7.30. The maximum Gasteiger partial charge on any atom is 0.247 e. The van der Waals surface area contributed by atoms with Gasteiger partial charge in [-0.05, 0) is 55.2 Å². The number of anilines is 1. The van der Waals surface area contributed by atoms with E-state index in [0.717, 1.165) is 5.56 Å². The lowest BCUT2D eigenvalue weighted by Gasteiger charge is -2.21. The first kappa shape index (κ1) is 20.8. The van der Waals surface area contributed by atoms with Gasteiger partial charge in [-0.25, -0.2) is 0 Å². The summed E-state index contributed by atoms with van der Waals surface area (Å²) in [7, 11) is 0. The van der Waals surface area contributed by atoms with Gasteiger partial charge >= 0.3 is 0 Å². The summed E-state index contributed by atoms with van der Waals surface area (Å²) in [5.41, 5.74) is 3.83. The highest BCUT2D eigenvalue weighted by atomic mass is 35.5. The Bertz CT molecular complexity index is 1040. The molecule has 3 aromatic rings. The number of aliphatic hydroxyl groups is 1. The zero-order valence-electron chi connectivity index (χ0n) is 16.8. The molecule has 0 aliphatic heterocycles. The summed E-state index contributed by atoms with van der Waals surface area (Å²) in [6.07, 6.45) is -0.805. The van der Waals surface area contributed by atoms with Crippen LogP contribution in [-0.2, 0) is 0 Å². The van der Waals surface area contributed by atoms with Crippen LogP contribution in [0.25, 0.3) is 11.5 Å². The standard InChI is InChI=1S/C22H23ClN4O2/c1-12(2)15-5-7-16(8-6-15)21-26-27-22(29-21)20(14(4)28)25-18-10-9-17(11-24)19(23)13(18)3/h5-10,12,14,20,25,28H,1-4H3/t14-,20+/m0/s1. The summed E-state index contributed by atoms with van der Waals surface area (Å²) in [6, 6.07) is 12.8. The van der Waals surface area contributed by atoms with E-state index in [9.17, 15) is 5.11 Å². The fraction of sp³-hybridized carbons (Fsp3) is 0.318. The molecule has 0 bridgehead atoms. The second kappa shape index (κ2) is 8.64. The fourth-order valence-corrected chi connectivity index (χ4v) is 3.18. The van der Waals surface area contributed by atoms with Crippen molar-refractivity contribution in [2.75, 3.05) is 5.32 Å². The van der Waals surface area contributed by atoms with Crippen LogP contribution in [0.1, 0.15) is 55.3 Å². The topological polar surface area (TPSA) is 95.0 Å². The van der Waals surface area contributed by atoms with E-state index < -0.39 is 12.1 Å². The highest BCUT2D eigenvalue weighted by molar-refractivity contribution is 6.32. The maximum atomic E-state index is 10.3. The predicted molar refractivity (Wildman–Crippen MR) is 113 cm³/mol.